The number of oxazole rings is 1. The van der Waals surface area contributed by atoms with Gasteiger partial charge in [0.05, 0.1) is 7.11 Å². The lowest BCUT2D eigenvalue weighted by atomic mass is 10.1. The van der Waals surface area contributed by atoms with Crippen LogP contribution in [0.5, 0.6) is 5.75 Å². The van der Waals surface area contributed by atoms with E-state index in [1.54, 1.807) is 13.2 Å². The number of aromatic nitrogens is 1. The van der Waals surface area contributed by atoms with Crippen LogP contribution in [0.1, 0.15) is 21.5 Å². The summed E-state index contributed by atoms with van der Waals surface area (Å²) in [6.07, 6.45) is 0. The minimum atomic E-state index is -0.154. The maximum atomic E-state index is 12.5. The quantitative estimate of drug-likeness (QED) is 0.523. The molecule has 1 amide bonds. The predicted molar refractivity (Wildman–Crippen MR) is 110 cm³/mol. The molecule has 0 atom stereocenters. The zero-order valence-corrected chi connectivity index (χ0v) is 15.9. The standard InChI is InChI=1S/C23H20N2O3/c1-14-7-8-16(11-15(14)2)22(26)24-18-9-10-21-20(13-18)25-23(28-21)17-5-4-6-19(12-17)27-3/h4-13H,1-3H3,(H,24,26). The van der Waals surface area contributed by atoms with Crippen molar-refractivity contribution < 1.29 is 13.9 Å². The molecule has 0 saturated carbocycles. The number of nitrogens with one attached hydrogen (secondary N) is 1. The number of ether oxygens (including phenoxy) is 1. The lowest BCUT2D eigenvalue weighted by Crippen LogP contribution is -2.12. The van der Waals surface area contributed by atoms with E-state index >= 15 is 0 Å². The van der Waals surface area contributed by atoms with Crippen LogP contribution in [0, 0.1) is 13.8 Å². The monoisotopic (exact) mass is 372 g/mol. The third-order valence-electron chi connectivity index (χ3n) is 4.73. The Kier molecular flexibility index (Phi) is 4.57. The predicted octanol–water partition coefficient (Wildman–Crippen LogP) is 5.37. The number of aryl methyl sites for hydroxylation is 2. The molecule has 140 valence electrons. The second kappa shape index (κ2) is 7.19. The molecule has 0 unspecified atom stereocenters. The Hall–Kier alpha value is -3.60. The normalized spacial score (nSPS) is 10.8. The van der Waals surface area contributed by atoms with Crippen LogP contribution in [0.4, 0.5) is 5.69 Å². The third-order valence-corrected chi connectivity index (χ3v) is 4.73. The number of rotatable bonds is 4. The van der Waals surface area contributed by atoms with Crippen molar-refractivity contribution in [3.63, 3.8) is 0 Å². The summed E-state index contributed by atoms with van der Waals surface area (Å²) in [6, 6.07) is 18.6. The van der Waals surface area contributed by atoms with E-state index in [1.807, 2.05) is 68.4 Å². The topological polar surface area (TPSA) is 64.4 Å². The van der Waals surface area contributed by atoms with Gasteiger partial charge in [0, 0.05) is 16.8 Å². The van der Waals surface area contributed by atoms with Crippen LogP contribution in [0.15, 0.2) is 65.1 Å². The van der Waals surface area contributed by atoms with Crippen molar-refractivity contribution >= 4 is 22.7 Å². The highest BCUT2D eigenvalue weighted by molar-refractivity contribution is 6.05. The van der Waals surface area contributed by atoms with Crippen molar-refractivity contribution in [1.29, 1.82) is 0 Å². The van der Waals surface area contributed by atoms with Crippen molar-refractivity contribution in [3.05, 3.63) is 77.4 Å². The van der Waals surface area contributed by atoms with Crippen molar-refractivity contribution in [3.8, 4) is 17.2 Å². The van der Waals surface area contributed by atoms with Crippen molar-refractivity contribution in [2.45, 2.75) is 13.8 Å². The van der Waals surface area contributed by atoms with Crippen LogP contribution >= 0.6 is 0 Å². The van der Waals surface area contributed by atoms with Gasteiger partial charge in [0.25, 0.3) is 5.91 Å². The van der Waals surface area contributed by atoms with E-state index in [0.717, 1.165) is 22.4 Å². The lowest BCUT2D eigenvalue weighted by molar-refractivity contribution is 0.102. The van der Waals surface area contributed by atoms with Gasteiger partial charge in [-0.25, -0.2) is 4.98 Å². The number of methoxy groups -OCH3 is 1. The summed E-state index contributed by atoms with van der Waals surface area (Å²) in [7, 11) is 1.62. The highest BCUT2D eigenvalue weighted by Gasteiger charge is 2.12. The molecule has 0 aliphatic carbocycles. The Labute approximate surface area is 163 Å². The number of fused-ring (bicyclic) bond motifs is 1. The van der Waals surface area contributed by atoms with Crippen LogP contribution in [0.3, 0.4) is 0 Å². The first-order chi connectivity index (χ1) is 13.5. The Morgan fingerprint density at radius 3 is 2.64 bits per heavy atom. The van der Waals surface area contributed by atoms with E-state index in [9.17, 15) is 4.79 Å². The molecule has 0 radical (unpaired) electrons. The largest absolute Gasteiger partial charge is 0.497 e. The average Bonchev–Trinajstić information content (AvgIpc) is 3.13. The van der Waals surface area contributed by atoms with Gasteiger partial charge in [0.2, 0.25) is 5.89 Å². The number of amides is 1. The van der Waals surface area contributed by atoms with Crippen molar-refractivity contribution in [2.24, 2.45) is 0 Å². The molecule has 0 spiro atoms. The van der Waals surface area contributed by atoms with Gasteiger partial charge in [-0.1, -0.05) is 12.1 Å². The summed E-state index contributed by atoms with van der Waals surface area (Å²) < 4.78 is 11.1. The van der Waals surface area contributed by atoms with E-state index in [-0.39, 0.29) is 5.91 Å². The smallest absolute Gasteiger partial charge is 0.255 e. The molecule has 4 aromatic rings. The molecule has 5 nitrogen and oxygen atoms in total. The van der Waals surface area contributed by atoms with E-state index in [2.05, 4.69) is 10.3 Å². The van der Waals surface area contributed by atoms with Gasteiger partial charge in [-0.3, -0.25) is 4.79 Å². The van der Waals surface area contributed by atoms with Crippen LogP contribution in [0.25, 0.3) is 22.6 Å². The summed E-state index contributed by atoms with van der Waals surface area (Å²) in [5.41, 5.74) is 5.70. The Morgan fingerprint density at radius 1 is 1.00 bits per heavy atom. The molecule has 28 heavy (non-hydrogen) atoms. The number of hydrogen-bond acceptors (Lipinski definition) is 4. The van der Waals surface area contributed by atoms with E-state index in [1.165, 1.54) is 0 Å². The average molecular weight is 372 g/mol. The summed E-state index contributed by atoms with van der Waals surface area (Å²) in [5.74, 6) is 1.09. The summed E-state index contributed by atoms with van der Waals surface area (Å²) >= 11 is 0. The first-order valence-electron chi connectivity index (χ1n) is 8.97. The molecule has 0 aliphatic rings. The maximum Gasteiger partial charge on any atom is 0.255 e. The second-order valence-electron chi connectivity index (χ2n) is 6.69. The molecule has 0 saturated heterocycles. The minimum Gasteiger partial charge on any atom is -0.497 e. The lowest BCUT2D eigenvalue weighted by Gasteiger charge is -2.07. The molecule has 0 bridgehead atoms. The van der Waals surface area contributed by atoms with E-state index in [0.29, 0.717) is 28.2 Å². The fourth-order valence-corrected chi connectivity index (χ4v) is 2.97. The highest BCUT2D eigenvalue weighted by Crippen LogP contribution is 2.28. The molecular weight excluding hydrogens is 352 g/mol. The molecule has 1 heterocycles. The van der Waals surface area contributed by atoms with Gasteiger partial charge in [-0.05, 0) is 73.5 Å². The van der Waals surface area contributed by atoms with Crippen LogP contribution in [-0.4, -0.2) is 18.0 Å². The molecule has 3 aromatic carbocycles. The number of hydrogen-bond donors (Lipinski definition) is 1. The third kappa shape index (κ3) is 3.47. The van der Waals surface area contributed by atoms with Crippen molar-refractivity contribution in [1.82, 2.24) is 4.98 Å². The molecule has 0 aliphatic heterocycles. The molecule has 0 fully saturated rings. The fourth-order valence-electron chi connectivity index (χ4n) is 2.97. The zero-order chi connectivity index (χ0) is 19.7. The number of benzene rings is 3. The van der Waals surface area contributed by atoms with Gasteiger partial charge in [-0.2, -0.15) is 0 Å². The van der Waals surface area contributed by atoms with Gasteiger partial charge >= 0.3 is 0 Å². The highest BCUT2D eigenvalue weighted by atomic mass is 16.5. The Balaban J connectivity index is 1.60. The Bertz CT molecular complexity index is 1180. The van der Waals surface area contributed by atoms with E-state index in [4.69, 9.17) is 9.15 Å². The van der Waals surface area contributed by atoms with Crippen LogP contribution in [-0.2, 0) is 0 Å². The first-order valence-corrected chi connectivity index (χ1v) is 8.97. The van der Waals surface area contributed by atoms with Crippen molar-refractivity contribution in [2.75, 3.05) is 12.4 Å². The number of carbonyl (C=O) groups is 1. The zero-order valence-electron chi connectivity index (χ0n) is 15.9. The second-order valence-corrected chi connectivity index (χ2v) is 6.69. The fraction of sp³-hybridized carbons (Fsp3) is 0.130. The molecular formula is C23H20N2O3. The number of nitrogens with zero attached hydrogens (tertiary/aromatic N) is 1. The summed E-state index contributed by atoms with van der Waals surface area (Å²) in [5, 5.41) is 2.92. The molecule has 5 heteroatoms. The molecule has 1 aromatic heterocycles. The van der Waals surface area contributed by atoms with Gasteiger partial charge < -0.3 is 14.5 Å². The van der Waals surface area contributed by atoms with Gasteiger partial charge in [-0.15, -0.1) is 0 Å². The summed E-state index contributed by atoms with van der Waals surface area (Å²) in [4.78, 5) is 17.1. The van der Waals surface area contributed by atoms with Crippen LogP contribution < -0.4 is 10.1 Å². The van der Waals surface area contributed by atoms with Gasteiger partial charge in [0.1, 0.15) is 11.3 Å². The van der Waals surface area contributed by atoms with Crippen LogP contribution in [0.2, 0.25) is 0 Å². The number of anilines is 1. The first kappa shape index (κ1) is 17.8. The SMILES string of the molecule is COc1cccc(-c2nc3cc(NC(=O)c4ccc(C)c(C)c4)ccc3o2)c1. The van der Waals surface area contributed by atoms with Gasteiger partial charge in [0.15, 0.2) is 5.58 Å². The number of carbonyl (C=O) groups excluding carboxylic acids is 1. The molecule has 1 N–H and O–H groups in total. The maximum absolute atomic E-state index is 12.5. The van der Waals surface area contributed by atoms with E-state index < -0.39 is 0 Å². The Morgan fingerprint density at radius 2 is 1.86 bits per heavy atom. The molecule has 4 rings (SSSR count). The summed E-state index contributed by atoms with van der Waals surface area (Å²) in [6.45, 7) is 4.02. The minimum absolute atomic E-state index is 0.154.